The maximum absolute atomic E-state index is 12.9. The fourth-order valence-electron chi connectivity index (χ4n) is 2.02. The minimum absolute atomic E-state index is 0.0410. The first-order valence-corrected chi connectivity index (χ1v) is 8.99. The van der Waals surface area contributed by atoms with Gasteiger partial charge in [-0.25, -0.2) is 8.42 Å². The number of aliphatic hydroxyl groups is 1. The van der Waals surface area contributed by atoms with Crippen LogP contribution in [0.25, 0.3) is 0 Å². The van der Waals surface area contributed by atoms with Crippen LogP contribution in [-0.4, -0.2) is 25.7 Å². The molecule has 0 aromatic heterocycles. The predicted molar refractivity (Wildman–Crippen MR) is 91.4 cm³/mol. The Hall–Kier alpha value is -1.37. The second kappa shape index (κ2) is 6.40. The van der Waals surface area contributed by atoms with Gasteiger partial charge in [0, 0.05) is 4.47 Å². The molecule has 0 spiro atoms. The number of hydrogen-bond donors (Lipinski definition) is 1. The van der Waals surface area contributed by atoms with E-state index in [4.69, 9.17) is 0 Å². The summed E-state index contributed by atoms with van der Waals surface area (Å²) in [7, 11) is -3.75. The molecule has 0 aliphatic carbocycles. The van der Waals surface area contributed by atoms with E-state index >= 15 is 0 Å². The zero-order valence-electron chi connectivity index (χ0n) is 12.4. The summed E-state index contributed by atoms with van der Waals surface area (Å²) in [5.41, 5.74) is -0.662. The Balaban J connectivity index is 2.54. The van der Waals surface area contributed by atoms with Gasteiger partial charge in [-0.15, -0.1) is 0 Å². The van der Waals surface area contributed by atoms with Crippen molar-refractivity contribution in [3.63, 3.8) is 0 Å². The first kappa shape index (κ1) is 17.0. The Bertz CT molecular complexity index is 739. The molecule has 2 aromatic rings. The molecule has 2 rings (SSSR count). The SMILES string of the molecule is CC(C)(O)CN(c1cccc(Br)c1)S(=O)(=O)c1ccccc1. The Labute approximate surface area is 139 Å². The fraction of sp³-hybridized carbons (Fsp3) is 0.250. The number of benzene rings is 2. The Kier molecular flexibility index (Phi) is 4.94. The van der Waals surface area contributed by atoms with Crippen LogP contribution in [0.1, 0.15) is 13.8 Å². The summed E-state index contributed by atoms with van der Waals surface area (Å²) in [5, 5.41) is 10.1. The number of rotatable bonds is 5. The summed E-state index contributed by atoms with van der Waals surface area (Å²) in [6.07, 6.45) is 0. The van der Waals surface area contributed by atoms with Gasteiger partial charge >= 0.3 is 0 Å². The second-order valence-electron chi connectivity index (χ2n) is 5.62. The van der Waals surface area contributed by atoms with E-state index in [1.54, 1.807) is 62.4 Å². The summed E-state index contributed by atoms with van der Waals surface area (Å²) in [6, 6.07) is 15.2. The van der Waals surface area contributed by atoms with Gasteiger partial charge in [-0.3, -0.25) is 4.31 Å². The van der Waals surface area contributed by atoms with Crippen molar-refractivity contribution in [2.24, 2.45) is 0 Å². The summed E-state index contributed by atoms with van der Waals surface area (Å²) in [6.45, 7) is 3.12. The smallest absolute Gasteiger partial charge is 0.264 e. The standard InChI is InChI=1S/C16H18BrNO3S/c1-16(2,19)12-18(14-8-6-7-13(17)11-14)22(20,21)15-9-4-3-5-10-15/h3-11,19H,12H2,1-2H3. The Morgan fingerprint density at radius 3 is 2.27 bits per heavy atom. The maximum atomic E-state index is 12.9. The van der Waals surface area contributed by atoms with Crippen LogP contribution in [0.3, 0.4) is 0 Å². The lowest BCUT2D eigenvalue weighted by Gasteiger charge is -2.30. The van der Waals surface area contributed by atoms with Crippen LogP contribution in [0.15, 0.2) is 64.0 Å². The molecule has 0 amide bonds. The fourth-order valence-corrected chi connectivity index (χ4v) is 4.04. The molecule has 0 fully saturated rings. The lowest BCUT2D eigenvalue weighted by Crippen LogP contribution is -2.42. The van der Waals surface area contributed by atoms with Crippen molar-refractivity contribution in [2.75, 3.05) is 10.8 Å². The lowest BCUT2D eigenvalue weighted by molar-refractivity contribution is 0.0909. The van der Waals surface area contributed by atoms with Gasteiger partial charge in [0.2, 0.25) is 0 Å². The zero-order chi connectivity index (χ0) is 16.4. The van der Waals surface area contributed by atoms with Crippen molar-refractivity contribution in [1.82, 2.24) is 0 Å². The lowest BCUT2D eigenvalue weighted by atomic mass is 10.1. The molecule has 0 aliphatic rings. The van der Waals surface area contributed by atoms with E-state index in [0.717, 1.165) is 4.47 Å². The third-order valence-electron chi connectivity index (χ3n) is 2.96. The molecule has 0 saturated heterocycles. The molecule has 2 aromatic carbocycles. The van der Waals surface area contributed by atoms with Crippen LogP contribution >= 0.6 is 15.9 Å². The molecular weight excluding hydrogens is 366 g/mol. The normalized spacial score (nSPS) is 12.2. The van der Waals surface area contributed by atoms with Crippen molar-refractivity contribution in [3.8, 4) is 0 Å². The number of halogens is 1. The molecule has 0 radical (unpaired) electrons. The Morgan fingerprint density at radius 2 is 1.73 bits per heavy atom. The highest BCUT2D eigenvalue weighted by molar-refractivity contribution is 9.10. The van der Waals surface area contributed by atoms with Gasteiger partial charge in [0.1, 0.15) is 0 Å². The molecule has 22 heavy (non-hydrogen) atoms. The van der Waals surface area contributed by atoms with Gasteiger partial charge in [-0.05, 0) is 44.2 Å². The van der Waals surface area contributed by atoms with E-state index in [0.29, 0.717) is 5.69 Å². The second-order valence-corrected chi connectivity index (χ2v) is 8.40. The molecule has 0 heterocycles. The monoisotopic (exact) mass is 383 g/mol. The van der Waals surface area contributed by atoms with Crippen LogP contribution in [0.5, 0.6) is 0 Å². The molecule has 0 unspecified atom stereocenters. The first-order valence-electron chi connectivity index (χ1n) is 6.76. The largest absolute Gasteiger partial charge is 0.389 e. The quantitative estimate of drug-likeness (QED) is 0.860. The topological polar surface area (TPSA) is 57.6 Å². The minimum Gasteiger partial charge on any atom is -0.389 e. The van der Waals surface area contributed by atoms with E-state index in [-0.39, 0.29) is 11.4 Å². The molecule has 0 aliphatic heterocycles. The highest BCUT2D eigenvalue weighted by Gasteiger charge is 2.29. The van der Waals surface area contributed by atoms with Crippen molar-refractivity contribution in [3.05, 3.63) is 59.1 Å². The van der Waals surface area contributed by atoms with Crippen LogP contribution in [-0.2, 0) is 10.0 Å². The van der Waals surface area contributed by atoms with Crippen molar-refractivity contribution < 1.29 is 13.5 Å². The van der Waals surface area contributed by atoms with Gasteiger partial charge in [0.25, 0.3) is 10.0 Å². The minimum atomic E-state index is -3.75. The first-order chi connectivity index (χ1) is 10.2. The number of hydrogen-bond acceptors (Lipinski definition) is 3. The van der Waals surface area contributed by atoms with Crippen molar-refractivity contribution in [1.29, 1.82) is 0 Å². The molecule has 6 heteroatoms. The van der Waals surface area contributed by atoms with E-state index in [2.05, 4.69) is 15.9 Å². The van der Waals surface area contributed by atoms with Gasteiger partial charge in [0.05, 0.1) is 22.7 Å². The zero-order valence-corrected chi connectivity index (χ0v) is 14.8. The highest BCUT2D eigenvalue weighted by Crippen LogP contribution is 2.27. The molecule has 0 saturated carbocycles. The van der Waals surface area contributed by atoms with Gasteiger partial charge in [0.15, 0.2) is 0 Å². The molecule has 0 atom stereocenters. The third kappa shape index (κ3) is 4.09. The van der Waals surface area contributed by atoms with Crippen molar-refractivity contribution >= 4 is 31.6 Å². The average Bonchev–Trinajstić information content (AvgIpc) is 2.45. The van der Waals surface area contributed by atoms with Crippen LogP contribution in [0.4, 0.5) is 5.69 Å². The molecule has 4 nitrogen and oxygen atoms in total. The van der Waals surface area contributed by atoms with E-state index in [1.807, 2.05) is 6.07 Å². The van der Waals surface area contributed by atoms with E-state index in [1.165, 1.54) is 4.31 Å². The molecular formula is C16H18BrNO3S. The maximum Gasteiger partial charge on any atom is 0.264 e. The van der Waals surface area contributed by atoms with E-state index < -0.39 is 15.6 Å². The number of sulfonamides is 1. The van der Waals surface area contributed by atoms with Crippen molar-refractivity contribution in [2.45, 2.75) is 24.3 Å². The summed E-state index contributed by atoms with van der Waals surface area (Å²) >= 11 is 3.35. The van der Waals surface area contributed by atoms with Crippen LogP contribution < -0.4 is 4.31 Å². The predicted octanol–water partition coefficient (Wildman–Crippen LogP) is 3.42. The number of anilines is 1. The summed E-state index contributed by atoms with van der Waals surface area (Å²) in [4.78, 5) is 0.194. The third-order valence-corrected chi connectivity index (χ3v) is 5.24. The average molecular weight is 384 g/mol. The van der Waals surface area contributed by atoms with Gasteiger partial charge in [-0.2, -0.15) is 0 Å². The summed E-state index contributed by atoms with van der Waals surface area (Å²) in [5.74, 6) is 0. The highest BCUT2D eigenvalue weighted by atomic mass is 79.9. The van der Waals surface area contributed by atoms with E-state index in [9.17, 15) is 13.5 Å². The van der Waals surface area contributed by atoms with Crippen LogP contribution in [0.2, 0.25) is 0 Å². The number of nitrogens with zero attached hydrogens (tertiary/aromatic N) is 1. The van der Waals surface area contributed by atoms with Gasteiger partial charge < -0.3 is 5.11 Å². The molecule has 118 valence electrons. The Morgan fingerprint density at radius 1 is 1.09 bits per heavy atom. The van der Waals surface area contributed by atoms with Crippen LogP contribution in [0, 0.1) is 0 Å². The van der Waals surface area contributed by atoms with Gasteiger partial charge in [-0.1, -0.05) is 40.2 Å². The summed E-state index contributed by atoms with van der Waals surface area (Å²) < 4.78 is 27.8. The molecule has 0 bridgehead atoms. The molecule has 1 N–H and O–H groups in total.